The molecule has 0 atom stereocenters. The van der Waals surface area contributed by atoms with E-state index in [0.29, 0.717) is 11.3 Å². The zero-order valence-electron chi connectivity index (χ0n) is 17.5. The molecule has 3 amide bonds. The van der Waals surface area contributed by atoms with Gasteiger partial charge in [-0.25, -0.2) is 31.1 Å². The normalized spacial score (nSPS) is 13.2. The molecule has 1 aliphatic heterocycles. The predicted molar refractivity (Wildman–Crippen MR) is 123 cm³/mol. The van der Waals surface area contributed by atoms with Crippen molar-refractivity contribution < 1.29 is 35.9 Å². The van der Waals surface area contributed by atoms with Crippen LogP contribution in [0.1, 0.15) is 10.4 Å². The molecule has 0 saturated carbocycles. The molecule has 15 heteroatoms. The van der Waals surface area contributed by atoms with Crippen LogP contribution < -0.4 is 25.0 Å². The number of anilines is 3. The van der Waals surface area contributed by atoms with Crippen molar-refractivity contribution in [1.82, 2.24) is 4.72 Å². The van der Waals surface area contributed by atoms with Gasteiger partial charge in [0.15, 0.2) is 18.4 Å². The molecule has 1 aliphatic rings. The van der Waals surface area contributed by atoms with Crippen molar-refractivity contribution in [1.29, 1.82) is 0 Å². The molecule has 9 nitrogen and oxygen atoms in total. The number of fused-ring (bicyclic) bond motifs is 1. The van der Waals surface area contributed by atoms with Gasteiger partial charge in [0, 0.05) is 25.2 Å². The fourth-order valence-corrected chi connectivity index (χ4v) is 5.54. The average Bonchev–Trinajstić information content (AvgIpc) is 3.23. The molecule has 35 heavy (non-hydrogen) atoms. The van der Waals surface area contributed by atoms with E-state index < -0.39 is 51.8 Å². The second-order valence-corrected chi connectivity index (χ2v) is 10.6. The van der Waals surface area contributed by atoms with Gasteiger partial charge < -0.3 is 15.4 Å². The Bertz CT molecular complexity index is 1440. The maximum Gasteiger partial charge on any atom is 0.333 e. The lowest BCUT2D eigenvalue weighted by molar-refractivity contribution is 0.0936. The van der Waals surface area contributed by atoms with Crippen molar-refractivity contribution in [2.75, 3.05) is 29.3 Å². The Balaban J connectivity index is 1.55. The summed E-state index contributed by atoms with van der Waals surface area (Å²) in [6.07, 6.45) is 0. The van der Waals surface area contributed by atoms with Crippen molar-refractivity contribution in [3.05, 3.63) is 63.7 Å². The second kappa shape index (κ2) is 9.28. The van der Waals surface area contributed by atoms with Crippen molar-refractivity contribution in [2.24, 2.45) is 0 Å². The van der Waals surface area contributed by atoms with Gasteiger partial charge in [0.2, 0.25) is 0 Å². The minimum Gasteiger partial charge on any atom is -0.472 e. The smallest absolute Gasteiger partial charge is 0.333 e. The summed E-state index contributed by atoms with van der Waals surface area (Å²) >= 11 is 6.36. The number of carbonyl (C=O) groups excluding carboxylic acids is 2. The number of amides is 3. The molecule has 0 bridgehead atoms. The van der Waals surface area contributed by atoms with Crippen molar-refractivity contribution in [2.45, 2.75) is 4.21 Å². The van der Waals surface area contributed by atoms with Crippen LogP contribution in [0.15, 0.2) is 40.6 Å². The fraction of sp³-hybridized carbons (Fsp3) is 0.100. The molecule has 4 rings (SSSR count). The third kappa shape index (κ3) is 4.85. The first-order valence-electron chi connectivity index (χ1n) is 9.54. The number of nitrogens with one attached hydrogen (secondary N) is 3. The van der Waals surface area contributed by atoms with Crippen LogP contribution >= 0.6 is 22.9 Å². The van der Waals surface area contributed by atoms with Crippen LogP contribution in [0.25, 0.3) is 0 Å². The largest absolute Gasteiger partial charge is 0.472 e. The van der Waals surface area contributed by atoms with Crippen molar-refractivity contribution >= 4 is 62.0 Å². The SMILES string of the molecule is CNc1cc2c(cc1F)C(=O)N(c1cc(F)c(NC(=O)NS(=O)(=O)c3ccc(Cl)s3)c(F)c1)CO2. The summed E-state index contributed by atoms with van der Waals surface area (Å²) < 4.78 is 74.7. The zero-order chi connectivity index (χ0) is 25.5. The average molecular weight is 547 g/mol. The highest BCUT2D eigenvalue weighted by Crippen LogP contribution is 2.34. The van der Waals surface area contributed by atoms with E-state index in [-0.39, 0.29) is 31.2 Å². The number of halogens is 4. The van der Waals surface area contributed by atoms with Crippen LogP contribution in [0, 0.1) is 17.5 Å². The van der Waals surface area contributed by atoms with E-state index in [1.165, 1.54) is 19.2 Å². The van der Waals surface area contributed by atoms with Gasteiger partial charge in [-0.3, -0.25) is 9.69 Å². The molecule has 1 aromatic heterocycles. The van der Waals surface area contributed by atoms with E-state index in [9.17, 15) is 31.2 Å². The van der Waals surface area contributed by atoms with E-state index >= 15 is 0 Å². The number of urea groups is 1. The van der Waals surface area contributed by atoms with Gasteiger partial charge in [-0.05, 0) is 18.2 Å². The van der Waals surface area contributed by atoms with Gasteiger partial charge >= 0.3 is 6.03 Å². The van der Waals surface area contributed by atoms with Crippen molar-refractivity contribution in [3.63, 3.8) is 0 Å². The Morgan fingerprint density at radius 3 is 2.40 bits per heavy atom. The van der Waals surface area contributed by atoms with Crippen LogP contribution in [0.4, 0.5) is 35.0 Å². The lowest BCUT2D eigenvalue weighted by atomic mass is 10.1. The van der Waals surface area contributed by atoms with Gasteiger partial charge in [0.05, 0.1) is 21.3 Å². The molecule has 3 N–H and O–H groups in total. The van der Waals surface area contributed by atoms with Crippen LogP contribution in [-0.2, 0) is 10.0 Å². The Morgan fingerprint density at radius 1 is 1.11 bits per heavy atom. The maximum atomic E-state index is 14.7. The maximum absolute atomic E-state index is 14.7. The number of benzene rings is 2. The van der Waals surface area contributed by atoms with Gasteiger partial charge in [-0.1, -0.05) is 11.6 Å². The molecule has 0 spiro atoms. The summed E-state index contributed by atoms with van der Waals surface area (Å²) in [5.41, 5.74) is -1.30. The molecule has 0 unspecified atom stereocenters. The number of rotatable bonds is 5. The van der Waals surface area contributed by atoms with Gasteiger partial charge in [0.1, 0.15) is 21.5 Å². The molecule has 0 saturated heterocycles. The number of thiophene rings is 1. The van der Waals surface area contributed by atoms with Gasteiger partial charge in [-0.15, -0.1) is 11.3 Å². The Kier molecular flexibility index (Phi) is 6.53. The summed E-state index contributed by atoms with van der Waals surface area (Å²) in [5.74, 6) is -4.02. The quantitative estimate of drug-likeness (QED) is 0.438. The zero-order valence-corrected chi connectivity index (χ0v) is 19.9. The van der Waals surface area contributed by atoms with Crippen LogP contribution in [0.3, 0.4) is 0 Å². The van der Waals surface area contributed by atoms with E-state index in [1.54, 1.807) is 10.0 Å². The van der Waals surface area contributed by atoms with Crippen LogP contribution in [0.2, 0.25) is 4.34 Å². The van der Waals surface area contributed by atoms with E-state index in [2.05, 4.69) is 5.32 Å². The summed E-state index contributed by atoms with van der Waals surface area (Å²) in [7, 11) is -2.85. The molecule has 3 aromatic rings. The van der Waals surface area contributed by atoms with Gasteiger partial charge in [0.25, 0.3) is 15.9 Å². The van der Waals surface area contributed by atoms with E-state index in [4.69, 9.17) is 16.3 Å². The molecule has 2 heterocycles. The molecular formula is C20H14ClF3N4O5S2. The predicted octanol–water partition coefficient (Wildman–Crippen LogP) is 4.37. The number of carbonyl (C=O) groups is 2. The number of nitrogens with zero attached hydrogens (tertiary/aromatic N) is 1. The number of hydrogen-bond donors (Lipinski definition) is 3. The Morgan fingerprint density at radius 2 is 1.80 bits per heavy atom. The summed E-state index contributed by atoms with van der Waals surface area (Å²) in [5, 5.41) is 4.39. The van der Waals surface area contributed by atoms with E-state index in [0.717, 1.165) is 29.2 Å². The Hall–Kier alpha value is -3.49. The third-order valence-corrected chi connectivity index (χ3v) is 7.83. The summed E-state index contributed by atoms with van der Waals surface area (Å²) in [6, 6.07) is 4.71. The van der Waals surface area contributed by atoms with E-state index in [1.807, 2.05) is 0 Å². The number of hydrogen-bond acceptors (Lipinski definition) is 7. The molecule has 0 aliphatic carbocycles. The topological polar surface area (TPSA) is 117 Å². The standard InChI is InChI=1S/C20H14ClF3N4O5S2/c1-25-14-7-15-10(6-11(14)22)19(29)28(8-33-15)9-4-12(23)18(13(24)5-9)26-20(30)27-35(31,32)17-3-2-16(21)34-17/h2-7,25H,8H2,1H3,(H2,26,27,30). The van der Waals surface area contributed by atoms with Crippen LogP contribution in [0.5, 0.6) is 5.75 Å². The number of ether oxygens (including phenoxy) is 1. The number of sulfonamides is 1. The van der Waals surface area contributed by atoms with Crippen LogP contribution in [-0.4, -0.2) is 34.1 Å². The minimum atomic E-state index is -4.33. The lowest BCUT2D eigenvalue weighted by Gasteiger charge is -2.29. The molecule has 0 fully saturated rings. The highest BCUT2D eigenvalue weighted by molar-refractivity contribution is 7.92. The molecular weight excluding hydrogens is 533 g/mol. The minimum absolute atomic E-state index is 0.0844. The third-order valence-electron chi connectivity index (χ3n) is 4.78. The highest BCUT2D eigenvalue weighted by Gasteiger charge is 2.30. The molecule has 0 radical (unpaired) electrons. The monoisotopic (exact) mass is 546 g/mol. The first-order chi connectivity index (χ1) is 16.5. The summed E-state index contributed by atoms with van der Waals surface area (Å²) in [6.45, 7) is -0.422. The second-order valence-electron chi connectivity index (χ2n) is 6.99. The molecule has 184 valence electrons. The Labute approximate surface area is 205 Å². The van der Waals surface area contributed by atoms with Crippen molar-refractivity contribution in [3.8, 4) is 5.75 Å². The highest BCUT2D eigenvalue weighted by atomic mass is 35.5. The fourth-order valence-electron chi connectivity index (χ4n) is 3.15. The molecule has 2 aromatic carbocycles. The van der Waals surface area contributed by atoms with Gasteiger partial charge in [-0.2, -0.15) is 0 Å². The summed E-state index contributed by atoms with van der Waals surface area (Å²) in [4.78, 5) is 25.8. The lowest BCUT2D eigenvalue weighted by Crippen LogP contribution is -2.39. The first kappa shape index (κ1) is 24.6. The first-order valence-corrected chi connectivity index (χ1v) is 12.2.